The number of nitrogens with zero attached hydrogens (tertiary/aromatic N) is 2. The summed E-state index contributed by atoms with van der Waals surface area (Å²) < 4.78 is 27.7. The Labute approximate surface area is 106 Å². The topological polar surface area (TPSA) is 29.9 Å². The maximum absolute atomic E-state index is 12.9. The van der Waals surface area contributed by atoms with Gasteiger partial charge in [0.1, 0.15) is 0 Å². The van der Waals surface area contributed by atoms with Crippen LogP contribution >= 0.6 is 12.4 Å². The van der Waals surface area contributed by atoms with Crippen LogP contribution in [-0.2, 0) is 6.54 Å². The van der Waals surface area contributed by atoms with Gasteiger partial charge in [0.05, 0.1) is 11.9 Å². The molecule has 0 aromatic carbocycles. The van der Waals surface area contributed by atoms with Crippen molar-refractivity contribution in [2.75, 3.05) is 12.4 Å². The Morgan fingerprint density at radius 1 is 1.47 bits per heavy atom. The molecule has 1 aliphatic rings. The maximum atomic E-state index is 12.9. The summed E-state index contributed by atoms with van der Waals surface area (Å²) in [6.45, 7) is 0.748. The molecule has 0 amide bonds. The van der Waals surface area contributed by atoms with E-state index in [-0.39, 0.29) is 25.2 Å². The van der Waals surface area contributed by atoms with Gasteiger partial charge in [-0.3, -0.25) is 4.68 Å². The van der Waals surface area contributed by atoms with E-state index in [2.05, 4.69) is 10.4 Å². The number of hydrogen-bond donors (Lipinski definition) is 1. The van der Waals surface area contributed by atoms with Gasteiger partial charge in [0.15, 0.2) is 0 Å². The monoisotopic (exact) mass is 265 g/mol. The Hall–Kier alpha value is -0.840. The third-order valence-corrected chi connectivity index (χ3v) is 3.20. The van der Waals surface area contributed by atoms with Gasteiger partial charge in [0.25, 0.3) is 0 Å². The van der Waals surface area contributed by atoms with Crippen molar-refractivity contribution in [3.05, 3.63) is 12.4 Å². The highest BCUT2D eigenvalue weighted by atomic mass is 35.5. The zero-order valence-corrected chi connectivity index (χ0v) is 10.6. The summed E-state index contributed by atoms with van der Waals surface area (Å²) in [4.78, 5) is 0. The van der Waals surface area contributed by atoms with Crippen LogP contribution in [0.1, 0.15) is 25.7 Å². The van der Waals surface area contributed by atoms with E-state index in [9.17, 15) is 8.78 Å². The van der Waals surface area contributed by atoms with Crippen molar-refractivity contribution >= 4 is 18.1 Å². The van der Waals surface area contributed by atoms with Crippen molar-refractivity contribution in [1.82, 2.24) is 9.78 Å². The Kier molecular flexibility index (Phi) is 4.74. The van der Waals surface area contributed by atoms with Crippen molar-refractivity contribution in [1.29, 1.82) is 0 Å². The molecule has 3 nitrogen and oxygen atoms in total. The summed E-state index contributed by atoms with van der Waals surface area (Å²) >= 11 is 0. The highest BCUT2D eigenvalue weighted by Gasteiger charge is 2.34. The summed E-state index contributed by atoms with van der Waals surface area (Å²) in [6, 6.07) is 0. The van der Waals surface area contributed by atoms with Crippen LogP contribution in [0.15, 0.2) is 12.4 Å². The Bertz CT molecular complexity index is 344. The van der Waals surface area contributed by atoms with Gasteiger partial charge >= 0.3 is 0 Å². The average Bonchev–Trinajstić information content (AvgIpc) is 2.69. The van der Waals surface area contributed by atoms with Crippen LogP contribution in [-0.4, -0.2) is 22.8 Å². The molecule has 1 heterocycles. The first-order valence-electron chi connectivity index (χ1n) is 5.67. The first-order valence-corrected chi connectivity index (χ1v) is 5.67. The van der Waals surface area contributed by atoms with E-state index in [4.69, 9.17) is 0 Å². The third kappa shape index (κ3) is 3.84. The molecule has 1 saturated carbocycles. The molecule has 1 fully saturated rings. The van der Waals surface area contributed by atoms with Gasteiger partial charge < -0.3 is 5.32 Å². The van der Waals surface area contributed by atoms with Crippen LogP contribution in [0.4, 0.5) is 14.5 Å². The summed E-state index contributed by atoms with van der Waals surface area (Å²) in [7, 11) is 1.84. The number of anilines is 1. The zero-order valence-electron chi connectivity index (χ0n) is 9.83. The molecule has 0 spiro atoms. The molecule has 1 N–H and O–H groups in total. The SMILES string of the molecule is CNc1cnn(CC2CCC(F)(F)CC2)c1.Cl. The second kappa shape index (κ2) is 5.67. The fourth-order valence-electron chi connectivity index (χ4n) is 2.14. The van der Waals surface area contributed by atoms with Crippen molar-refractivity contribution in [2.45, 2.75) is 38.2 Å². The minimum absolute atomic E-state index is 0. The number of hydrogen-bond acceptors (Lipinski definition) is 2. The second-order valence-electron chi connectivity index (χ2n) is 4.50. The molecule has 2 rings (SSSR count). The highest BCUT2D eigenvalue weighted by Crippen LogP contribution is 2.36. The van der Waals surface area contributed by atoms with Crippen LogP contribution in [0.3, 0.4) is 0 Å². The van der Waals surface area contributed by atoms with E-state index < -0.39 is 5.92 Å². The maximum Gasteiger partial charge on any atom is 0.248 e. The van der Waals surface area contributed by atoms with E-state index in [1.54, 1.807) is 6.20 Å². The molecule has 0 bridgehead atoms. The van der Waals surface area contributed by atoms with Gasteiger partial charge in [-0.1, -0.05) is 0 Å². The minimum Gasteiger partial charge on any atom is -0.386 e. The van der Waals surface area contributed by atoms with Crippen LogP contribution in [0.25, 0.3) is 0 Å². The van der Waals surface area contributed by atoms with Gasteiger partial charge in [-0.05, 0) is 18.8 Å². The Morgan fingerprint density at radius 3 is 2.65 bits per heavy atom. The van der Waals surface area contributed by atoms with E-state index in [0.717, 1.165) is 12.2 Å². The Morgan fingerprint density at radius 2 is 2.12 bits per heavy atom. The molecule has 0 unspecified atom stereocenters. The van der Waals surface area contributed by atoms with Gasteiger partial charge in [-0.2, -0.15) is 5.10 Å². The molecule has 17 heavy (non-hydrogen) atoms. The number of alkyl halides is 2. The molecule has 0 atom stereocenters. The predicted molar refractivity (Wildman–Crippen MR) is 65.9 cm³/mol. The summed E-state index contributed by atoms with van der Waals surface area (Å²) in [5.41, 5.74) is 0.959. The molecule has 98 valence electrons. The van der Waals surface area contributed by atoms with Gasteiger partial charge in [0, 0.05) is 32.6 Å². The molecule has 0 radical (unpaired) electrons. The van der Waals surface area contributed by atoms with E-state index in [0.29, 0.717) is 18.8 Å². The number of aromatic nitrogens is 2. The first kappa shape index (κ1) is 14.2. The quantitative estimate of drug-likeness (QED) is 0.910. The first-order chi connectivity index (χ1) is 7.59. The fourth-order valence-corrected chi connectivity index (χ4v) is 2.14. The largest absolute Gasteiger partial charge is 0.386 e. The minimum atomic E-state index is -2.43. The predicted octanol–water partition coefficient (Wildman–Crippen LogP) is 3.17. The van der Waals surface area contributed by atoms with Gasteiger partial charge in [0.2, 0.25) is 5.92 Å². The molecule has 1 aromatic rings. The molecule has 0 saturated heterocycles. The number of nitrogens with one attached hydrogen (secondary N) is 1. The lowest BCUT2D eigenvalue weighted by Gasteiger charge is -2.27. The molecular weight excluding hydrogens is 248 g/mol. The molecule has 1 aromatic heterocycles. The van der Waals surface area contributed by atoms with Crippen molar-refractivity contribution < 1.29 is 8.78 Å². The fraction of sp³-hybridized carbons (Fsp3) is 0.727. The van der Waals surface area contributed by atoms with Gasteiger partial charge in [-0.15, -0.1) is 12.4 Å². The molecule has 1 aliphatic carbocycles. The van der Waals surface area contributed by atoms with Crippen LogP contribution in [0.2, 0.25) is 0 Å². The lowest BCUT2D eigenvalue weighted by molar-refractivity contribution is -0.0476. The van der Waals surface area contributed by atoms with E-state index >= 15 is 0 Å². The van der Waals surface area contributed by atoms with Crippen molar-refractivity contribution in [3.63, 3.8) is 0 Å². The van der Waals surface area contributed by atoms with E-state index in [1.807, 2.05) is 17.9 Å². The van der Waals surface area contributed by atoms with Crippen molar-refractivity contribution in [2.24, 2.45) is 5.92 Å². The highest BCUT2D eigenvalue weighted by molar-refractivity contribution is 5.85. The lowest BCUT2D eigenvalue weighted by atomic mass is 9.87. The van der Waals surface area contributed by atoms with Crippen LogP contribution in [0, 0.1) is 5.92 Å². The van der Waals surface area contributed by atoms with Crippen molar-refractivity contribution in [3.8, 4) is 0 Å². The van der Waals surface area contributed by atoms with E-state index in [1.165, 1.54) is 0 Å². The molecular formula is C11H18ClF2N3. The lowest BCUT2D eigenvalue weighted by Crippen LogP contribution is -2.26. The Balaban J connectivity index is 0.00000144. The summed E-state index contributed by atoms with van der Waals surface area (Å²) in [5, 5.41) is 7.18. The zero-order chi connectivity index (χ0) is 11.6. The molecule has 0 aliphatic heterocycles. The number of rotatable bonds is 3. The van der Waals surface area contributed by atoms with Crippen LogP contribution < -0.4 is 5.32 Å². The number of halogens is 3. The standard InChI is InChI=1S/C11H17F2N3.ClH/c1-14-10-6-15-16(8-10)7-9-2-4-11(12,13)5-3-9;/h6,8-9,14H,2-5,7H2,1H3;1H. The smallest absolute Gasteiger partial charge is 0.248 e. The van der Waals surface area contributed by atoms with Crippen LogP contribution in [0.5, 0.6) is 0 Å². The third-order valence-electron chi connectivity index (χ3n) is 3.20. The molecule has 6 heteroatoms. The second-order valence-corrected chi connectivity index (χ2v) is 4.50. The average molecular weight is 266 g/mol. The summed E-state index contributed by atoms with van der Waals surface area (Å²) in [5.74, 6) is -2.10. The van der Waals surface area contributed by atoms with Gasteiger partial charge in [-0.25, -0.2) is 8.78 Å². The normalized spacial score (nSPS) is 19.7. The summed E-state index contributed by atoms with van der Waals surface area (Å²) in [6.07, 6.45) is 4.91.